The van der Waals surface area contributed by atoms with Crippen LogP contribution in [0.4, 0.5) is 5.13 Å². The summed E-state index contributed by atoms with van der Waals surface area (Å²) in [5.41, 5.74) is 0. The molecule has 7 heteroatoms. The predicted octanol–water partition coefficient (Wildman–Crippen LogP) is 2.24. The van der Waals surface area contributed by atoms with Gasteiger partial charge in [-0.1, -0.05) is 18.3 Å². The average Bonchev–Trinajstić information content (AvgIpc) is 3.37. The van der Waals surface area contributed by atoms with E-state index in [4.69, 9.17) is 0 Å². The fourth-order valence-corrected chi connectivity index (χ4v) is 4.90. The average molecular weight is 364 g/mol. The minimum absolute atomic E-state index is 0.0604. The van der Waals surface area contributed by atoms with Crippen LogP contribution in [0.15, 0.2) is 0 Å². The third-order valence-electron chi connectivity index (χ3n) is 5.76. The second-order valence-corrected chi connectivity index (χ2v) is 8.97. The number of hydrogen-bond acceptors (Lipinski definition) is 6. The molecular weight excluding hydrogens is 334 g/mol. The van der Waals surface area contributed by atoms with E-state index < -0.39 is 0 Å². The molecule has 2 atom stereocenters. The summed E-state index contributed by atoms with van der Waals surface area (Å²) in [4.78, 5) is 17.5. The van der Waals surface area contributed by atoms with Crippen molar-refractivity contribution in [2.24, 2.45) is 11.8 Å². The van der Waals surface area contributed by atoms with Crippen LogP contribution < -0.4 is 5.32 Å². The summed E-state index contributed by atoms with van der Waals surface area (Å²) in [5, 5.41) is 12.6. The molecule has 138 valence electrons. The number of anilines is 1. The summed E-state index contributed by atoms with van der Waals surface area (Å²) in [6, 6.07) is 0.706. The first kappa shape index (κ1) is 17.4. The Morgan fingerprint density at radius 1 is 1.20 bits per heavy atom. The van der Waals surface area contributed by atoms with Crippen molar-refractivity contribution in [3.05, 3.63) is 5.01 Å². The maximum Gasteiger partial charge on any atom is 0.227 e. The zero-order valence-corrected chi connectivity index (χ0v) is 15.9. The molecule has 6 nitrogen and oxygen atoms in total. The number of carbonyl (C=O) groups excluding carboxylic acids is 1. The van der Waals surface area contributed by atoms with Crippen molar-refractivity contribution >= 4 is 22.4 Å². The van der Waals surface area contributed by atoms with Crippen molar-refractivity contribution in [3.63, 3.8) is 0 Å². The molecule has 0 radical (unpaired) electrons. The third kappa shape index (κ3) is 4.57. The summed E-state index contributed by atoms with van der Waals surface area (Å²) < 4.78 is 0. The first-order valence-corrected chi connectivity index (χ1v) is 10.6. The lowest BCUT2D eigenvalue weighted by Crippen LogP contribution is -2.44. The number of carbonyl (C=O) groups is 1. The molecule has 1 amide bonds. The zero-order chi connectivity index (χ0) is 17.2. The fraction of sp³-hybridized carbons (Fsp3) is 0.833. The molecule has 3 aliphatic heterocycles. The maximum absolute atomic E-state index is 12.2. The Balaban J connectivity index is 1.25. The quantitative estimate of drug-likeness (QED) is 0.805. The van der Waals surface area contributed by atoms with Crippen LogP contribution in [0.25, 0.3) is 0 Å². The highest BCUT2D eigenvalue weighted by Crippen LogP contribution is 2.34. The van der Waals surface area contributed by atoms with E-state index in [0.717, 1.165) is 42.9 Å². The largest absolute Gasteiger partial charge is 0.301 e. The van der Waals surface area contributed by atoms with Gasteiger partial charge in [-0.2, -0.15) is 0 Å². The van der Waals surface area contributed by atoms with Crippen molar-refractivity contribution < 1.29 is 4.79 Å². The van der Waals surface area contributed by atoms with Gasteiger partial charge in [0.1, 0.15) is 5.01 Å². The molecule has 0 spiro atoms. The van der Waals surface area contributed by atoms with Gasteiger partial charge in [0.25, 0.3) is 0 Å². The molecule has 0 unspecified atom stereocenters. The Labute approximate surface area is 154 Å². The van der Waals surface area contributed by atoms with Crippen molar-refractivity contribution in [1.29, 1.82) is 0 Å². The van der Waals surface area contributed by atoms with Crippen molar-refractivity contribution in [1.82, 2.24) is 20.0 Å². The molecule has 0 aromatic carbocycles. The van der Waals surface area contributed by atoms with Crippen LogP contribution in [0.3, 0.4) is 0 Å². The molecule has 1 aliphatic carbocycles. The first-order chi connectivity index (χ1) is 12.2. The third-order valence-corrected chi connectivity index (χ3v) is 6.75. The van der Waals surface area contributed by atoms with E-state index in [2.05, 4.69) is 25.3 Å². The Kier molecular flexibility index (Phi) is 5.33. The van der Waals surface area contributed by atoms with Crippen LogP contribution in [-0.2, 0) is 11.2 Å². The zero-order valence-electron chi connectivity index (χ0n) is 15.1. The fourth-order valence-electron chi connectivity index (χ4n) is 4.20. The smallest absolute Gasteiger partial charge is 0.227 e. The lowest BCUT2D eigenvalue weighted by Gasteiger charge is -2.36. The molecule has 2 bridgehead atoms. The normalized spacial score (nSPS) is 27.4. The Hall–Kier alpha value is -1.05. The van der Waals surface area contributed by atoms with Crippen molar-refractivity contribution in [2.75, 3.05) is 38.0 Å². The molecule has 4 fully saturated rings. The topological polar surface area (TPSA) is 61.4 Å². The van der Waals surface area contributed by atoms with Crippen LogP contribution in [0, 0.1) is 11.8 Å². The minimum Gasteiger partial charge on any atom is -0.301 e. The molecule has 1 aromatic heterocycles. The van der Waals surface area contributed by atoms with Crippen molar-refractivity contribution in [3.8, 4) is 0 Å². The van der Waals surface area contributed by atoms with Crippen LogP contribution in [0.2, 0.25) is 0 Å². The summed E-state index contributed by atoms with van der Waals surface area (Å²) in [6.07, 6.45) is 6.97. The van der Waals surface area contributed by atoms with Gasteiger partial charge < -0.3 is 10.2 Å². The van der Waals surface area contributed by atoms with Gasteiger partial charge >= 0.3 is 0 Å². The minimum atomic E-state index is 0.0604. The molecule has 4 heterocycles. The number of nitrogens with one attached hydrogen (secondary N) is 1. The van der Waals surface area contributed by atoms with Gasteiger partial charge in [0, 0.05) is 45.2 Å². The number of aromatic nitrogens is 2. The summed E-state index contributed by atoms with van der Waals surface area (Å²) in [6.45, 7) is 7.78. The highest BCUT2D eigenvalue weighted by atomic mass is 32.1. The molecule has 1 aromatic rings. The van der Waals surface area contributed by atoms with Crippen molar-refractivity contribution in [2.45, 2.75) is 51.5 Å². The predicted molar refractivity (Wildman–Crippen MR) is 99.8 cm³/mol. The molecule has 3 saturated heterocycles. The van der Waals surface area contributed by atoms with Crippen LogP contribution in [-0.4, -0.2) is 64.7 Å². The summed E-state index contributed by atoms with van der Waals surface area (Å²) >= 11 is 1.47. The number of hydrogen-bond donors (Lipinski definition) is 1. The number of fused-ring (bicyclic) bond motifs is 4. The number of nitrogens with zero attached hydrogens (tertiary/aromatic N) is 4. The highest BCUT2D eigenvalue weighted by molar-refractivity contribution is 7.15. The maximum atomic E-state index is 12.2. The SMILES string of the molecule is CCc1nnc(NC(=O)CCN2C[C@@H]3CC[C@H](C2)N(CC2CC2)C3)s1. The Morgan fingerprint density at radius 3 is 2.84 bits per heavy atom. The van der Waals surface area contributed by atoms with Crippen LogP contribution >= 0.6 is 11.3 Å². The Morgan fingerprint density at radius 2 is 2.08 bits per heavy atom. The number of piperidine rings is 1. The van der Waals surface area contributed by atoms with Crippen LogP contribution in [0.1, 0.15) is 44.0 Å². The Bertz CT molecular complexity index is 602. The molecule has 5 rings (SSSR count). The van der Waals surface area contributed by atoms with Gasteiger partial charge in [-0.25, -0.2) is 0 Å². The van der Waals surface area contributed by atoms with Gasteiger partial charge in [0.2, 0.25) is 11.0 Å². The number of rotatable bonds is 7. The first-order valence-electron chi connectivity index (χ1n) is 9.78. The molecule has 1 N–H and O–H groups in total. The monoisotopic (exact) mass is 363 g/mol. The van der Waals surface area contributed by atoms with Gasteiger partial charge in [0.15, 0.2) is 0 Å². The van der Waals surface area contributed by atoms with Gasteiger partial charge in [-0.15, -0.1) is 10.2 Å². The lowest BCUT2D eigenvalue weighted by atomic mass is 9.95. The molecule has 25 heavy (non-hydrogen) atoms. The van der Waals surface area contributed by atoms with E-state index in [1.54, 1.807) is 0 Å². The van der Waals surface area contributed by atoms with E-state index in [1.807, 2.05) is 6.92 Å². The highest BCUT2D eigenvalue weighted by Gasteiger charge is 2.37. The van der Waals surface area contributed by atoms with Gasteiger partial charge in [0.05, 0.1) is 0 Å². The number of amides is 1. The summed E-state index contributed by atoms with van der Waals surface area (Å²) in [5.74, 6) is 1.82. The molecule has 1 saturated carbocycles. The second kappa shape index (κ2) is 7.68. The van der Waals surface area contributed by atoms with Crippen LogP contribution in [0.5, 0.6) is 0 Å². The lowest BCUT2D eigenvalue weighted by molar-refractivity contribution is -0.116. The molecular formula is C18H29N5OS. The van der Waals surface area contributed by atoms with Gasteiger partial charge in [-0.3, -0.25) is 9.69 Å². The van der Waals surface area contributed by atoms with E-state index in [1.165, 1.54) is 50.1 Å². The van der Waals surface area contributed by atoms with E-state index in [0.29, 0.717) is 17.6 Å². The molecule has 4 aliphatic rings. The standard InChI is InChI=1S/C18H29N5OS/c1-2-17-20-21-18(25-17)19-16(24)7-8-22-9-14-5-6-15(12-22)23(11-14)10-13-3-4-13/h13-15H,2-12H2,1H3,(H,19,21,24)/t14-,15+/m0/s1. The van der Waals surface area contributed by atoms with E-state index >= 15 is 0 Å². The van der Waals surface area contributed by atoms with E-state index in [-0.39, 0.29) is 5.91 Å². The second-order valence-electron chi connectivity index (χ2n) is 7.91. The van der Waals surface area contributed by atoms with E-state index in [9.17, 15) is 4.79 Å². The summed E-state index contributed by atoms with van der Waals surface area (Å²) in [7, 11) is 0. The van der Waals surface area contributed by atoms with Gasteiger partial charge in [-0.05, 0) is 43.9 Å². The number of aryl methyl sites for hydroxylation is 1.